The number of carbonyl (C=O) groups excluding carboxylic acids is 1. The van der Waals surface area contributed by atoms with E-state index in [1.54, 1.807) is 24.3 Å². The molecule has 3 rings (SSSR count). The van der Waals surface area contributed by atoms with Crippen LogP contribution in [-0.4, -0.2) is 29.8 Å². The molecular formula is C20H23NO3. The van der Waals surface area contributed by atoms with E-state index in [-0.39, 0.29) is 12.1 Å². The van der Waals surface area contributed by atoms with E-state index in [0.29, 0.717) is 11.1 Å². The van der Waals surface area contributed by atoms with Gasteiger partial charge in [-0.25, -0.2) is 0 Å². The Balaban J connectivity index is 1.91. The third kappa shape index (κ3) is 3.21. The molecule has 2 aromatic carbocycles. The molecule has 24 heavy (non-hydrogen) atoms. The SMILES string of the molecule is CC(NC(=O)C(O)(c1ccccc1)c1ccccc1)C1CCCO1. The second-order valence-electron chi connectivity index (χ2n) is 6.26. The number of amides is 1. The predicted molar refractivity (Wildman–Crippen MR) is 92.5 cm³/mol. The topological polar surface area (TPSA) is 58.6 Å². The average molecular weight is 325 g/mol. The van der Waals surface area contributed by atoms with Gasteiger partial charge >= 0.3 is 0 Å². The van der Waals surface area contributed by atoms with E-state index in [9.17, 15) is 9.90 Å². The largest absolute Gasteiger partial charge is 0.376 e. The summed E-state index contributed by atoms with van der Waals surface area (Å²) < 4.78 is 5.64. The fourth-order valence-electron chi connectivity index (χ4n) is 3.19. The van der Waals surface area contributed by atoms with Gasteiger partial charge in [0.2, 0.25) is 0 Å². The van der Waals surface area contributed by atoms with Crippen molar-refractivity contribution in [3.8, 4) is 0 Å². The Kier molecular flexibility index (Phi) is 4.97. The molecule has 1 amide bonds. The Morgan fingerprint density at radius 2 is 1.67 bits per heavy atom. The quantitative estimate of drug-likeness (QED) is 0.888. The van der Waals surface area contributed by atoms with Gasteiger partial charge in [0.15, 0.2) is 5.60 Å². The summed E-state index contributed by atoms with van der Waals surface area (Å²) in [4.78, 5) is 13.0. The van der Waals surface area contributed by atoms with Crippen LogP contribution in [0.1, 0.15) is 30.9 Å². The van der Waals surface area contributed by atoms with Crippen molar-refractivity contribution in [1.82, 2.24) is 5.32 Å². The molecule has 0 spiro atoms. The van der Waals surface area contributed by atoms with Crippen LogP contribution in [0.3, 0.4) is 0 Å². The van der Waals surface area contributed by atoms with Crippen LogP contribution in [-0.2, 0) is 15.1 Å². The van der Waals surface area contributed by atoms with Crippen LogP contribution in [0, 0.1) is 0 Å². The lowest BCUT2D eigenvalue weighted by atomic mass is 9.85. The van der Waals surface area contributed by atoms with E-state index in [1.165, 1.54) is 0 Å². The molecule has 2 unspecified atom stereocenters. The highest BCUT2D eigenvalue weighted by molar-refractivity contribution is 5.90. The molecule has 4 nitrogen and oxygen atoms in total. The molecule has 0 radical (unpaired) electrons. The van der Waals surface area contributed by atoms with Gasteiger partial charge in [-0.3, -0.25) is 4.79 Å². The van der Waals surface area contributed by atoms with Gasteiger partial charge in [0, 0.05) is 6.61 Å². The number of ether oxygens (including phenoxy) is 1. The first-order chi connectivity index (χ1) is 11.6. The molecule has 0 saturated carbocycles. The maximum atomic E-state index is 13.0. The summed E-state index contributed by atoms with van der Waals surface area (Å²) in [6, 6.07) is 17.9. The van der Waals surface area contributed by atoms with Crippen molar-refractivity contribution in [2.75, 3.05) is 6.61 Å². The first-order valence-corrected chi connectivity index (χ1v) is 8.38. The normalized spacial score (nSPS) is 19.0. The number of hydrogen-bond donors (Lipinski definition) is 2. The molecule has 0 bridgehead atoms. The van der Waals surface area contributed by atoms with Crippen LogP contribution < -0.4 is 5.32 Å². The summed E-state index contributed by atoms with van der Waals surface area (Å²) in [5.74, 6) is -0.428. The second-order valence-corrected chi connectivity index (χ2v) is 6.26. The number of rotatable bonds is 5. The Morgan fingerprint density at radius 3 is 2.12 bits per heavy atom. The molecule has 2 N–H and O–H groups in total. The minimum absolute atomic E-state index is 0.00440. The van der Waals surface area contributed by atoms with Gasteiger partial charge in [0.25, 0.3) is 5.91 Å². The van der Waals surface area contributed by atoms with Gasteiger partial charge in [-0.15, -0.1) is 0 Å². The summed E-state index contributed by atoms with van der Waals surface area (Å²) in [7, 11) is 0. The van der Waals surface area contributed by atoms with Crippen molar-refractivity contribution >= 4 is 5.91 Å². The zero-order valence-corrected chi connectivity index (χ0v) is 13.8. The van der Waals surface area contributed by atoms with Crippen molar-refractivity contribution in [1.29, 1.82) is 0 Å². The Labute approximate surface area is 142 Å². The molecule has 1 fully saturated rings. The van der Waals surface area contributed by atoms with Crippen LogP contribution in [0.15, 0.2) is 60.7 Å². The molecule has 2 atom stereocenters. The van der Waals surface area contributed by atoms with Crippen molar-refractivity contribution in [3.63, 3.8) is 0 Å². The van der Waals surface area contributed by atoms with Crippen LogP contribution >= 0.6 is 0 Å². The number of nitrogens with one attached hydrogen (secondary N) is 1. The minimum atomic E-state index is -1.73. The summed E-state index contributed by atoms with van der Waals surface area (Å²) in [6.07, 6.45) is 1.94. The van der Waals surface area contributed by atoms with Crippen LogP contribution in [0.2, 0.25) is 0 Å². The van der Waals surface area contributed by atoms with Gasteiger partial charge in [0.05, 0.1) is 12.1 Å². The van der Waals surface area contributed by atoms with E-state index in [4.69, 9.17) is 4.74 Å². The molecule has 1 heterocycles. The lowest BCUT2D eigenvalue weighted by Crippen LogP contribution is -2.51. The molecule has 0 aromatic heterocycles. The van der Waals surface area contributed by atoms with Crippen molar-refractivity contribution in [3.05, 3.63) is 71.8 Å². The van der Waals surface area contributed by atoms with Gasteiger partial charge in [-0.2, -0.15) is 0 Å². The molecule has 2 aromatic rings. The van der Waals surface area contributed by atoms with Crippen molar-refractivity contribution in [2.45, 2.75) is 37.5 Å². The van der Waals surface area contributed by atoms with Crippen LogP contribution in [0.25, 0.3) is 0 Å². The van der Waals surface area contributed by atoms with Gasteiger partial charge in [-0.1, -0.05) is 60.7 Å². The monoisotopic (exact) mass is 325 g/mol. The van der Waals surface area contributed by atoms with Crippen LogP contribution in [0.4, 0.5) is 0 Å². The van der Waals surface area contributed by atoms with Crippen molar-refractivity contribution < 1.29 is 14.6 Å². The lowest BCUT2D eigenvalue weighted by Gasteiger charge is -2.31. The molecular weight excluding hydrogens is 302 g/mol. The van der Waals surface area contributed by atoms with E-state index < -0.39 is 11.5 Å². The highest BCUT2D eigenvalue weighted by Crippen LogP contribution is 2.30. The standard InChI is InChI=1S/C20H23NO3/c1-15(18-13-8-14-24-18)21-19(22)20(23,16-9-4-2-5-10-16)17-11-6-3-7-12-17/h2-7,9-12,15,18,23H,8,13-14H2,1H3,(H,21,22). The predicted octanol–water partition coefficient (Wildman–Crippen LogP) is 2.61. The maximum absolute atomic E-state index is 13.0. The Hall–Kier alpha value is -2.17. The third-order valence-electron chi connectivity index (χ3n) is 4.59. The van der Waals surface area contributed by atoms with E-state index in [1.807, 2.05) is 43.3 Å². The summed E-state index contributed by atoms with van der Waals surface area (Å²) in [6.45, 7) is 2.65. The van der Waals surface area contributed by atoms with E-state index in [2.05, 4.69) is 5.32 Å². The minimum Gasteiger partial charge on any atom is -0.376 e. The molecule has 126 valence electrons. The summed E-state index contributed by atoms with van der Waals surface area (Å²) in [5.41, 5.74) is -0.628. The van der Waals surface area contributed by atoms with Crippen LogP contribution in [0.5, 0.6) is 0 Å². The first-order valence-electron chi connectivity index (χ1n) is 8.38. The first kappa shape index (κ1) is 16.7. The molecule has 1 aliphatic rings. The molecule has 1 saturated heterocycles. The fourth-order valence-corrected chi connectivity index (χ4v) is 3.19. The highest BCUT2D eigenvalue weighted by atomic mass is 16.5. The molecule has 0 aliphatic carbocycles. The average Bonchev–Trinajstić information content (AvgIpc) is 3.17. The third-order valence-corrected chi connectivity index (χ3v) is 4.59. The smallest absolute Gasteiger partial charge is 0.261 e. The molecule has 4 heteroatoms. The summed E-state index contributed by atoms with van der Waals surface area (Å²) in [5, 5.41) is 14.3. The van der Waals surface area contributed by atoms with E-state index >= 15 is 0 Å². The number of carbonyl (C=O) groups is 1. The second kappa shape index (κ2) is 7.16. The number of aliphatic hydroxyl groups is 1. The zero-order chi connectivity index (χ0) is 17.0. The van der Waals surface area contributed by atoms with Gasteiger partial charge in [0.1, 0.15) is 0 Å². The number of hydrogen-bond acceptors (Lipinski definition) is 3. The summed E-state index contributed by atoms with van der Waals surface area (Å²) >= 11 is 0. The van der Waals surface area contributed by atoms with E-state index in [0.717, 1.165) is 19.4 Å². The Bertz CT molecular complexity index is 626. The van der Waals surface area contributed by atoms with Crippen molar-refractivity contribution in [2.24, 2.45) is 0 Å². The van der Waals surface area contributed by atoms with Gasteiger partial charge < -0.3 is 15.2 Å². The highest BCUT2D eigenvalue weighted by Gasteiger charge is 2.41. The zero-order valence-electron chi connectivity index (χ0n) is 13.8. The number of benzene rings is 2. The fraction of sp³-hybridized carbons (Fsp3) is 0.350. The van der Waals surface area contributed by atoms with Gasteiger partial charge in [-0.05, 0) is 30.9 Å². The molecule has 1 aliphatic heterocycles. The maximum Gasteiger partial charge on any atom is 0.261 e. The Morgan fingerprint density at radius 1 is 1.12 bits per heavy atom. The lowest BCUT2D eigenvalue weighted by molar-refractivity contribution is -0.138.